The highest BCUT2D eigenvalue weighted by Gasteiger charge is 2.30. The average Bonchev–Trinajstić information content (AvgIpc) is 3.00. The van der Waals surface area contributed by atoms with Gasteiger partial charge in [0.05, 0.1) is 21.2 Å². The number of halogens is 1. The maximum Gasteiger partial charge on any atom is 0.335 e. The first-order valence-corrected chi connectivity index (χ1v) is 7.19. The first-order valence-electron chi connectivity index (χ1n) is 5.16. The number of hydrogen-bond donors (Lipinski definition) is 1. The third kappa shape index (κ3) is 2.79. The van der Waals surface area contributed by atoms with E-state index in [4.69, 9.17) is 16.7 Å². The van der Waals surface area contributed by atoms with Crippen molar-refractivity contribution < 1.29 is 18.3 Å². The minimum absolute atomic E-state index is 0.0514. The minimum Gasteiger partial charge on any atom is -0.478 e. The highest BCUT2D eigenvalue weighted by molar-refractivity contribution is 7.91. The fourth-order valence-corrected chi connectivity index (χ4v) is 3.83. The Morgan fingerprint density at radius 3 is 2.59 bits per heavy atom. The summed E-state index contributed by atoms with van der Waals surface area (Å²) in [7, 11) is -3.48. The number of carboxylic acids is 1. The number of benzene rings is 1. The van der Waals surface area contributed by atoms with E-state index < -0.39 is 15.8 Å². The van der Waals surface area contributed by atoms with Gasteiger partial charge >= 0.3 is 5.97 Å². The van der Waals surface area contributed by atoms with Gasteiger partial charge in [-0.05, 0) is 37.0 Å². The molecule has 1 fully saturated rings. The molecular formula is C11H11ClO4S. The lowest BCUT2D eigenvalue weighted by atomic mass is 10.2. The highest BCUT2D eigenvalue weighted by Crippen LogP contribution is 2.34. The summed E-state index contributed by atoms with van der Waals surface area (Å²) in [5, 5.41) is 8.90. The van der Waals surface area contributed by atoms with E-state index in [2.05, 4.69) is 0 Å². The van der Waals surface area contributed by atoms with E-state index in [0.29, 0.717) is 0 Å². The van der Waals surface area contributed by atoms with E-state index >= 15 is 0 Å². The molecule has 0 radical (unpaired) electrons. The number of carboxylic acid groups (broad SMARTS) is 1. The molecule has 0 amide bonds. The van der Waals surface area contributed by atoms with Crippen LogP contribution in [0.25, 0.3) is 0 Å². The molecule has 0 spiro atoms. The number of rotatable bonds is 4. The Balaban J connectivity index is 2.42. The van der Waals surface area contributed by atoms with E-state index in [1.807, 2.05) is 0 Å². The number of aromatic carboxylic acids is 1. The van der Waals surface area contributed by atoms with Gasteiger partial charge in [-0.25, -0.2) is 13.2 Å². The Labute approximate surface area is 104 Å². The van der Waals surface area contributed by atoms with Crippen molar-refractivity contribution in [3.63, 3.8) is 0 Å². The molecular weight excluding hydrogens is 264 g/mol. The van der Waals surface area contributed by atoms with E-state index in [1.165, 1.54) is 12.1 Å². The largest absolute Gasteiger partial charge is 0.478 e. The Bertz CT molecular complexity index is 561. The maximum atomic E-state index is 12.0. The van der Waals surface area contributed by atoms with Gasteiger partial charge in [0.15, 0.2) is 9.84 Å². The van der Waals surface area contributed by atoms with Gasteiger partial charge in [-0.15, -0.1) is 0 Å². The molecule has 1 aromatic rings. The number of carbonyl (C=O) groups is 1. The Hall–Kier alpha value is -1.07. The summed E-state index contributed by atoms with van der Waals surface area (Å²) in [6.07, 6.45) is 1.82. The minimum atomic E-state index is -3.48. The van der Waals surface area contributed by atoms with E-state index in [1.54, 1.807) is 0 Å². The molecule has 1 aromatic carbocycles. The van der Waals surface area contributed by atoms with Gasteiger partial charge in [0.2, 0.25) is 0 Å². The monoisotopic (exact) mass is 274 g/mol. The molecule has 0 heterocycles. The Kier molecular flexibility index (Phi) is 3.14. The molecule has 1 aliphatic rings. The van der Waals surface area contributed by atoms with Crippen LogP contribution in [0.1, 0.15) is 23.2 Å². The average molecular weight is 275 g/mol. The van der Waals surface area contributed by atoms with E-state index in [-0.39, 0.29) is 27.2 Å². The van der Waals surface area contributed by atoms with Crippen LogP contribution in [0.4, 0.5) is 0 Å². The fraction of sp³-hybridized carbons (Fsp3) is 0.364. The smallest absolute Gasteiger partial charge is 0.335 e. The summed E-state index contributed by atoms with van der Waals surface area (Å²) in [4.78, 5) is 10.7. The summed E-state index contributed by atoms with van der Waals surface area (Å²) in [6, 6.07) is 3.73. The molecule has 6 heteroatoms. The fourth-order valence-electron chi connectivity index (χ4n) is 1.56. The molecule has 1 N–H and O–H groups in total. The molecule has 1 saturated carbocycles. The first-order chi connectivity index (χ1) is 7.90. The standard InChI is InChI=1S/C11H11ClO4S/c12-9-4-3-8(11(13)14)5-10(9)17(15,16)6-7-1-2-7/h3-5,7H,1-2,6H2,(H,13,14). The molecule has 1 aliphatic carbocycles. The molecule has 2 rings (SSSR count). The zero-order valence-electron chi connectivity index (χ0n) is 8.89. The third-order valence-electron chi connectivity index (χ3n) is 2.67. The third-order valence-corrected chi connectivity index (χ3v) is 5.03. The van der Waals surface area contributed by atoms with Gasteiger partial charge in [-0.1, -0.05) is 11.6 Å². The van der Waals surface area contributed by atoms with Crippen molar-refractivity contribution in [1.29, 1.82) is 0 Å². The van der Waals surface area contributed by atoms with Crippen LogP contribution < -0.4 is 0 Å². The van der Waals surface area contributed by atoms with Crippen molar-refractivity contribution in [2.75, 3.05) is 5.75 Å². The van der Waals surface area contributed by atoms with Gasteiger partial charge in [0, 0.05) is 0 Å². The maximum absolute atomic E-state index is 12.0. The van der Waals surface area contributed by atoms with Gasteiger partial charge < -0.3 is 5.11 Å². The van der Waals surface area contributed by atoms with Crippen LogP contribution in [0, 0.1) is 5.92 Å². The molecule has 4 nitrogen and oxygen atoms in total. The van der Waals surface area contributed by atoms with E-state index in [0.717, 1.165) is 18.9 Å². The Morgan fingerprint density at radius 1 is 1.41 bits per heavy atom. The molecule has 0 bridgehead atoms. The predicted molar refractivity (Wildman–Crippen MR) is 63.2 cm³/mol. The first kappa shape index (κ1) is 12.4. The molecule has 0 unspecified atom stereocenters. The predicted octanol–water partition coefficient (Wildman–Crippen LogP) is 2.22. The number of sulfone groups is 1. The lowest BCUT2D eigenvalue weighted by Crippen LogP contribution is -2.10. The quantitative estimate of drug-likeness (QED) is 0.914. The molecule has 0 aromatic heterocycles. The van der Waals surface area contributed by atoms with Crippen molar-refractivity contribution in [3.8, 4) is 0 Å². The summed E-state index contributed by atoms with van der Waals surface area (Å²) < 4.78 is 24.0. The normalized spacial score (nSPS) is 15.8. The summed E-state index contributed by atoms with van der Waals surface area (Å²) in [5.41, 5.74) is -0.0660. The molecule has 0 saturated heterocycles. The topological polar surface area (TPSA) is 71.4 Å². The van der Waals surface area contributed by atoms with Crippen LogP contribution in [0.3, 0.4) is 0 Å². The van der Waals surface area contributed by atoms with E-state index in [9.17, 15) is 13.2 Å². The SMILES string of the molecule is O=C(O)c1ccc(Cl)c(S(=O)(=O)CC2CC2)c1. The second-order valence-electron chi connectivity index (χ2n) is 4.18. The van der Waals surface area contributed by atoms with Gasteiger partial charge in [0.1, 0.15) is 0 Å². The lowest BCUT2D eigenvalue weighted by Gasteiger charge is -2.06. The van der Waals surface area contributed by atoms with Crippen LogP contribution in [0.2, 0.25) is 5.02 Å². The second-order valence-corrected chi connectivity index (χ2v) is 6.58. The van der Waals surface area contributed by atoms with Crippen molar-refractivity contribution in [2.24, 2.45) is 5.92 Å². The lowest BCUT2D eigenvalue weighted by molar-refractivity contribution is 0.0696. The second kappa shape index (κ2) is 4.31. The van der Waals surface area contributed by atoms with Crippen LogP contribution in [-0.2, 0) is 9.84 Å². The van der Waals surface area contributed by atoms with Crippen LogP contribution >= 0.6 is 11.6 Å². The van der Waals surface area contributed by atoms with Crippen molar-refractivity contribution in [3.05, 3.63) is 28.8 Å². The number of hydrogen-bond acceptors (Lipinski definition) is 3. The van der Waals surface area contributed by atoms with Crippen LogP contribution in [0.15, 0.2) is 23.1 Å². The summed E-state index contributed by atoms with van der Waals surface area (Å²) in [6.45, 7) is 0. The molecule has 17 heavy (non-hydrogen) atoms. The highest BCUT2D eigenvalue weighted by atomic mass is 35.5. The zero-order valence-corrected chi connectivity index (χ0v) is 10.5. The molecule has 0 atom stereocenters. The molecule has 92 valence electrons. The van der Waals surface area contributed by atoms with Crippen molar-refractivity contribution in [2.45, 2.75) is 17.7 Å². The zero-order chi connectivity index (χ0) is 12.6. The van der Waals surface area contributed by atoms with Crippen LogP contribution in [0.5, 0.6) is 0 Å². The summed E-state index contributed by atoms with van der Waals surface area (Å²) >= 11 is 5.82. The Morgan fingerprint density at radius 2 is 2.06 bits per heavy atom. The molecule has 0 aliphatic heterocycles. The van der Waals surface area contributed by atoms with Gasteiger partial charge in [-0.2, -0.15) is 0 Å². The van der Waals surface area contributed by atoms with Crippen molar-refractivity contribution in [1.82, 2.24) is 0 Å². The summed E-state index contributed by atoms with van der Waals surface area (Å²) in [5.74, 6) is -0.912. The van der Waals surface area contributed by atoms with Gasteiger partial charge in [0.25, 0.3) is 0 Å². The van der Waals surface area contributed by atoms with Gasteiger partial charge in [-0.3, -0.25) is 0 Å². The van der Waals surface area contributed by atoms with Crippen molar-refractivity contribution >= 4 is 27.4 Å². The van der Waals surface area contributed by atoms with Crippen LogP contribution in [-0.4, -0.2) is 25.2 Å².